The molecule has 2 aliphatic heterocycles. The summed E-state index contributed by atoms with van der Waals surface area (Å²) in [5, 5.41) is 9.01. The molecule has 2 aromatic rings. The topological polar surface area (TPSA) is 69.5 Å². The van der Waals surface area contributed by atoms with Crippen LogP contribution in [0.2, 0.25) is 0 Å². The third kappa shape index (κ3) is 3.55. The lowest BCUT2D eigenvalue weighted by atomic mass is 10.0. The van der Waals surface area contributed by atoms with Gasteiger partial charge in [0.25, 0.3) is 0 Å². The molecule has 31 heavy (non-hydrogen) atoms. The SMILES string of the molecule is C[C@@H]1CC2CN(C(=O)COC3(c4ccccc4F)CC3)CC1N2c1ccc(C#N)cn1. The number of ether oxygens (including phenoxy) is 1. The number of likely N-dealkylation sites (tertiary alicyclic amines) is 1. The average molecular weight is 420 g/mol. The number of nitriles is 1. The lowest BCUT2D eigenvalue weighted by molar-refractivity contribution is -0.140. The number of carbonyl (C=O) groups excluding carboxylic acids is 1. The molecule has 160 valence electrons. The van der Waals surface area contributed by atoms with Crippen molar-refractivity contribution in [1.82, 2.24) is 9.88 Å². The minimum absolute atomic E-state index is 0.0305. The van der Waals surface area contributed by atoms with Crippen LogP contribution in [0.3, 0.4) is 0 Å². The van der Waals surface area contributed by atoms with Crippen molar-refractivity contribution in [2.24, 2.45) is 5.92 Å². The van der Waals surface area contributed by atoms with Crippen molar-refractivity contribution in [3.05, 3.63) is 59.5 Å². The van der Waals surface area contributed by atoms with E-state index in [0.29, 0.717) is 30.1 Å². The zero-order valence-corrected chi connectivity index (χ0v) is 17.5. The van der Waals surface area contributed by atoms with Gasteiger partial charge in [0.1, 0.15) is 24.3 Å². The van der Waals surface area contributed by atoms with E-state index in [0.717, 1.165) is 25.1 Å². The lowest BCUT2D eigenvalue weighted by Gasteiger charge is -2.42. The number of piperazine rings is 1. The number of fused-ring (bicyclic) bond motifs is 2. The van der Waals surface area contributed by atoms with E-state index in [4.69, 9.17) is 10.00 Å². The standard InChI is InChI=1S/C24H25FN4O2/c1-16-10-18-13-28(14-21(16)29(18)22-7-6-17(11-26)12-27-22)23(30)15-31-24(8-9-24)19-4-2-3-5-20(19)25/h2-7,12,16,18,21H,8-10,13-15H2,1H3/t16-,18?,21?/m1/s1. The van der Waals surface area contributed by atoms with Gasteiger partial charge in [0.2, 0.25) is 5.91 Å². The zero-order valence-electron chi connectivity index (χ0n) is 17.5. The summed E-state index contributed by atoms with van der Waals surface area (Å²) in [6, 6.07) is 12.8. The molecule has 2 saturated heterocycles. The Hall–Kier alpha value is -2.98. The summed E-state index contributed by atoms with van der Waals surface area (Å²) >= 11 is 0. The predicted octanol–water partition coefficient (Wildman–Crippen LogP) is 3.22. The number of anilines is 1. The van der Waals surface area contributed by atoms with Gasteiger partial charge in [0, 0.05) is 30.9 Å². The third-order valence-corrected chi connectivity index (χ3v) is 6.92. The summed E-state index contributed by atoms with van der Waals surface area (Å²) in [6.07, 6.45) is 4.07. The Morgan fingerprint density at radius 2 is 2.10 bits per heavy atom. The Kier molecular flexibility index (Phi) is 4.90. The van der Waals surface area contributed by atoms with E-state index in [2.05, 4.69) is 22.9 Å². The molecule has 3 fully saturated rings. The molecule has 3 atom stereocenters. The van der Waals surface area contributed by atoms with Crippen molar-refractivity contribution in [3.8, 4) is 6.07 Å². The number of hydrogen-bond donors (Lipinski definition) is 0. The monoisotopic (exact) mass is 420 g/mol. The first-order chi connectivity index (χ1) is 15.0. The van der Waals surface area contributed by atoms with Gasteiger partial charge in [-0.1, -0.05) is 25.1 Å². The van der Waals surface area contributed by atoms with Crippen molar-refractivity contribution in [1.29, 1.82) is 5.26 Å². The highest BCUT2D eigenvalue weighted by molar-refractivity contribution is 5.78. The Morgan fingerprint density at radius 1 is 1.29 bits per heavy atom. The van der Waals surface area contributed by atoms with Crippen molar-refractivity contribution in [3.63, 3.8) is 0 Å². The van der Waals surface area contributed by atoms with E-state index in [-0.39, 0.29) is 30.4 Å². The minimum atomic E-state index is -0.651. The Bertz CT molecular complexity index is 1030. The average Bonchev–Trinajstić information content (AvgIpc) is 3.54. The van der Waals surface area contributed by atoms with Gasteiger partial charge in [-0.15, -0.1) is 0 Å². The minimum Gasteiger partial charge on any atom is -0.360 e. The number of halogens is 1. The number of amides is 1. The van der Waals surface area contributed by atoms with E-state index >= 15 is 0 Å². The fraction of sp³-hybridized carbons (Fsp3) is 0.458. The highest BCUT2D eigenvalue weighted by atomic mass is 19.1. The maximum Gasteiger partial charge on any atom is 0.248 e. The molecule has 0 spiro atoms. The first-order valence-corrected chi connectivity index (χ1v) is 10.8. The normalized spacial score (nSPS) is 25.9. The maximum absolute atomic E-state index is 14.2. The molecule has 3 aliphatic rings. The highest BCUT2D eigenvalue weighted by Crippen LogP contribution is 2.50. The van der Waals surface area contributed by atoms with Gasteiger partial charge in [-0.05, 0) is 43.4 Å². The second kappa shape index (κ2) is 7.61. The van der Waals surface area contributed by atoms with Gasteiger partial charge in [-0.2, -0.15) is 5.26 Å². The van der Waals surface area contributed by atoms with Gasteiger partial charge in [-0.25, -0.2) is 9.37 Å². The largest absolute Gasteiger partial charge is 0.360 e. The smallest absolute Gasteiger partial charge is 0.248 e. The number of rotatable bonds is 5. The Labute approximate surface area is 181 Å². The van der Waals surface area contributed by atoms with Crippen molar-refractivity contribution in [2.45, 2.75) is 43.9 Å². The van der Waals surface area contributed by atoms with Crippen molar-refractivity contribution < 1.29 is 13.9 Å². The Balaban J connectivity index is 1.25. The van der Waals surface area contributed by atoms with Crippen LogP contribution >= 0.6 is 0 Å². The van der Waals surface area contributed by atoms with Crippen LogP contribution in [-0.2, 0) is 15.1 Å². The quantitative estimate of drug-likeness (QED) is 0.743. The second-order valence-electron chi connectivity index (χ2n) is 8.92. The van der Waals surface area contributed by atoms with Crippen LogP contribution in [0.4, 0.5) is 10.2 Å². The summed E-state index contributed by atoms with van der Waals surface area (Å²) < 4.78 is 20.2. The van der Waals surface area contributed by atoms with E-state index in [1.807, 2.05) is 11.0 Å². The molecule has 0 N–H and O–H groups in total. The number of pyridine rings is 1. The van der Waals surface area contributed by atoms with Crippen LogP contribution in [0.1, 0.15) is 37.3 Å². The van der Waals surface area contributed by atoms with Gasteiger partial charge >= 0.3 is 0 Å². The molecule has 7 heteroatoms. The van der Waals surface area contributed by atoms with Crippen molar-refractivity contribution >= 4 is 11.7 Å². The number of carbonyl (C=O) groups is 1. The molecule has 5 rings (SSSR count). The zero-order chi connectivity index (χ0) is 21.6. The predicted molar refractivity (Wildman–Crippen MR) is 113 cm³/mol. The number of benzene rings is 1. The second-order valence-corrected chi connectivity index (χ2v) is 8.92. The molecule has 1 amide bonds. The lowest BCUT2D eigenvalue weighted by Crippen LogP contribution is -2.57. The van der Waals surface area contributed by atoms with E-state index in [1.54, 1.807) is 30.5 Å². The van der Waals surface area contributed by atoms with Crippen LogP contribution in [0.5, 0.6) is 0 Å². The molecule has 0 radical (unpaired) electrons. The van der Waals surface area contributed by atoms with Gasteiger partial charge in [-0.3, -0.25) is 4.79 Å². The Morgan fingerprint density at radius 3 is 2.74 bits per heavy atom. The highest BCUT2D eigenvalue weighted by Gasteiger charge is 2.49. The molecule has 1 aromatic carbocycles. The summed E-state index contributed by atoms with van der Waals surface area (Å²) in [5.41, 5.74) is 0.439. The summed E-state index contributed by atoms with van der Waals surface area (Å²) in [6.45, 7) is 3.42. The summed E-state index contributed by atoms with van der Waals surface area (Å²) in [5.74, 6) is 0.981. The van der Waals surface area contributed by atoms with Crippen LogP contribution in [0, 0.1) is 23.1 Å². The first-order valence-electron chi connectivity index (χ1n) is 10.8. The molecule has 1 aromatic heterocycles. The molecule has 1 saturated carbocycles. The molecular weight excluding hydrogens is 395 g/mol. The van der Waals surface area contributed by atoms with Gasteiger partial charge in [0.15, 0.2) is 0 Å². The summed E-state index contributed by atoms with van der Waals surface area (Å²) in [4.78, 5) is 21.6. The van der Waals surface area contributed by atoms with Crippen LogP contribution in [0.15, 0.2) is 42.6 Å². The van der Waals surface area contributed by atoms with Crippen LogP contribution in [-0.4, -0.2) is 47.6 Å². The van der Waals surface area contributed by atoms with Crippen LogP contribution in [0.25, 0.3) is 0 Å². The van der Waals surface area contributed by atoms with Gasteiger partial charge in [0.05, 0.1) is 17.2 Å². The fourth-order valence-corrected chi connectivity index (χ4v) is 5.12. The van der Waals surface area contributed by atoms with E-state index < -0.39 is 5.60 Å². The van der Waals surface area contributed by atoms with E-state index in [1.165, 1.54) is 6.07 Å². The first kappa shape index (κ1) is 20.0. The number of nitrogens with zero attached hydrogens (tertiary/aromatic N) is 4. The third-order valence-electron chi connectivity index (χ3n) is 6.92. The molecular formula is C24H25FN4O2. The molecule has 3 heterocycles. The molecule has 2 unspecified atom stereocenters. The van der Waals surface area contributed by atoms with Gasteiger partial charge < -0.3 is 14.5 Å². The molecule has 6 nitrogen and oxygen atoms in total. The fourth-order valence-electron chi connectivity index (χ4n) is 5.12. The molecule has 2 bridgehead atoms. The number of hydrogen-bond acceptors (Lipinski definition) is 5. The number of aromatic nitrogens is 1. The van der Waals surface area contributed by atoms with Crippen molar-refractivity contribution in [2.75, 3.05) is 24.6 Å². The summed E-state index contributed by atoms with van der Waals surface area (Å²) in [7, 11) is 0. The van der Waals surface area contributed by atoms with Crippen LogP contribution < -0.4 is 4.90 Å². The maximum atomic E-state index is 14.2. The van der Waals surface area contributed by atoms with E-state index in [9.17, 15) is 9.18 Å². The molecule has 1 aliphatic carbocycles.